The molecule has 1 fully saturated rings. The molecule has 0 saturated carbocycles. The third kappa shape index (κ3) is 9.06. The van der Waals surface area contributed by atoms with Crippen molar-refractivity contribution in [2.75, 3.05) is 59.9 Å². The highest BCUT2D eigenvalue weighted by molar-refractivity contribution is 6.35. The number of likely N-dealkylation sites (N-methyl/N-ethyl adjacent to an activating group) is 1. The van der Waals surface area contributed by atoms with Gasteiger partial charge in [0.05, 0.1) is 31.0 Å². The first-order valence-electron chi connectivity index (χ1n) is 13.1. The Kier molecular flexibility index (Phi) is 11.0. The smallest absolute Gasteiger partial charge is 0.220 e. The Bertz CT molecular complexity index is 1130. The summed E-state index contributed by atoms with van der Waals surface area (Å²) in [5.41, 5.74) is 2.71. The van der Waals surface area contributed by atoms with Gasteiger partial charge in [0.25, 0.3) is 0 Å². The van der Waals surface area contributed by atoms with Crippen molar-refractivity contribution in [2.24, 2.45) is 15.9 Å². The average Bonchev–Trinajstić information content (AvgIpc) is 2.88. The Morgan fingerprint density at radius 3 is 2.61 bits per heavy atom. The topological polar surface area (TPSA) is 77.4 Å². The van der Waals surface area contributed by atoms with Crippen LogP contribution in [-0.2, 0) is 6.54 Å². The zero-order valence-electron chi connectivity index (χ0n) is 22.2. The molecule has 0 unspecified atom stereocenters. The fraction of sp³-hybridized carbons (Fsp3) is 0.464. The lowest BCUT2D eigenvalue weighted by molar-refractivity contribution is 0.176. The molecule has 0 atom stereocenters. The molecule has 3 heterocycles. The first-order valence-corrected chi connectivity index (χ1v) is 13.9. The van der Waals surface area contributed by atoms with Gasteiger partial charge in [0.15, 0.2) is 5.76 Å². The normalized spacial score (nSPS) is 21.4. The second-order valence-corrected chi connectivity index (χ2v) is 10.7. The first-order chi connectivity index (χ1) is 18.5. The number of hydrogen-bond donors (Lipinski definition) is 2. The molecular formula is C28H37Cl2N7O. The van der Waals surface area contributed by atoms with Crippen LogP contribution in [0.5, 0.6) is 5.88 Å². The highest BCUT2D eigenvalue weighted by Gasteiger charge is 2.19. The maximum absolute atomic E-state index is 6.32. The van der Waals surface area contributed by atoms with E-state index in [1.54, 1.807) is 24.8 Å². The van der Waals surface area contributed by atoms with Crippen LogP contribution in [0.2, 0.25) is 10.0 Å². The molecule has 8 nitrogen and oxygen atoms in total. The van der Waals surface area contributed by atoms with Gasteiger partial charge in [0.2, 0.25) is 5.88 Å². The molecule has 0 amide bonds. The first kappa shape index (κ1) is 28.5. The standard InChI is InChI=1S/C28H37Cl2N7O/c1-31-16-21-3-7-37(8-4-21)19-22-11-27(23-13-24(29)15-25(30)14-23)35-28(12-22)38-26-17-32-5-9-36(2)10-6-33-20-34-18-26/h11-15,17-18,20-21,31H,3-10,16,19H2,1-2H3,(H,33,34)/b26-18+,32-17-. The molecule has 1 aromatic carbocycles. The van der Waals surface area contributed by atoms with E-state index in [0.29, 0.717) is 28.2 Å². The van der Waals surface area contributed by atoms with Crippen molar-refractivity contribution in [1.29, 1.82) is 0 Å². The quantitative estimate of drug-likeness (QED) is 0.527. The predicted molar refractivity (Wildman–Crippen MR) is 158 cm³/mol. The van der Waals surface area contributed by atoms with E-state index in [-0.39, 0.29) is 0 Å². The Morgan fingerprint density at radius 1 is 1.05 bits per heavy atom. The van der Waals surface area contributed by atoms with Crippen molar-refractivity contribution in [2.45, 2.75) is 19.4 Å². The van der Waals surface area contributed by atoms with Crippen LogP contribution in [0.15, 0.2) is 52.3 Å². The number of halogens is 2. The number of rotatable bonds is 7. The number of piperidine rings is 1. The summed E-state index contributed by atoms with van der Waals surface area (Å²) in [5.74, 6) is 1.72. The van der Waals surface area contributed by atoms with Crippen LogP contribution in [0, 0.1) is 5.92 Å². The number of allylic oxidation sites excluding steroid dienone is 1. The SMILES string of the molecule is CNCC1CCN(Cc2cc(OC3=C/N=C/NCCN(C)CC/N=C\3)nc(-c3cc(Cl)cc(Cl)c3)c2)CC1. The van der Waals surface area contributed by atoms with Crippen LogP contribution in [0.3, 0.4) is 0 Å². The Morgan fingerprint density at radius 2 is 1.84 bits per heavy atom. The molecule has 2 aliphatic heterocycles. The summed E-state index contributed by atoms with van der Waals surface area (Å²) in [4.78, 5) is 18.4. The number of hydrogen-bond acceptors (Lipinski definition) is 8. The third-order valence-corrected chi connectivity index (χ3v) is 7.12. The number of aliphatic imine (C=N–C) groups is 2. The second kappa shape index (κ2) is 14.6. The number of aromatic nitrogens is 1. The molecule has 0 aliphatic carbocycles. The Labute approximate surface area is 235 Å². The predicted octanol–water partition coefficient (Wildman–Crippen LogP) is 4.34. The highest BCUT2D eigenvalue weighted by atomic mass is 35.5. The van der Waals surface area contributed by atoms with Gasteiger partial charge in [-0.1, -0.05) is 23.2 Å². The van der Waals surface area contributed by atoms with E-state index in [9.17, 15) is 0 Å². The van der Waals surface area contributed by atoms with Gasteiger partial charge in [0, 0.05) is 47.9 Å². The van der Waals surface area contributed by atoms with Crippen LogP contribution >= 0.6 is 23.2 Å². The van der Waals surface area contributed by atoms with Crippen molar-refractivity contribution >= 4 is 35.8 Å². The number of pyridine rings is 1. The second-order valence-electron chi connectivity index (χ2n) is 9.84. The van der Waals surface area contributed by atoms with Crippen molar-refractivity contribution in [1.82, 2.24) is 25.4 Å². The number of nitrogens with one attached hydrogen (secondary N) is 2. The third-order valence-electron chi connectivity index (χ3n) is 6.68. The van der Waals surface area contributed by atoms with Gasteiger partial charge in [-0.3, -0.25) is 9.89 Å². The summed E-state index contributed by atoms with van der Waals surface area (Å²) in [6.07, 6.45) is 7.42. The van der Waals surface area contributed by atoms with E-state index in [1.165, 1.54) is 12.8 Å². The molecular weight excluding hydrogens is 521 g/mol. The van der Waals surface area contributed by atoms with Crippen LogP contribution in [0.4, 0.5) is 0 Å². The molecule has 1 aromatic heterocycles. The van der Waals surface area contributed by atoms with E-state index in [0.717, 1.165) is 68.6 Å². The summed E-state index contributed by atoms with van der Waals surface area (Å²) < 4.78 is 6.24. The van der Waals surface area contributed by atoms with Crippen molar-refractivity contribution in [3.05, 3.63) is 57.9 Å². The van der Waals surface area contributed by atoms with Crippen LogP contribution in [0.25, 0.3) is 11.3 Å². The summed E-state index contributed by atoms with van der Waals surface area (Å²) in [7, 11) is 4.10. The molecule has 10 heteroatoms. The van der Waals surface area contributed by atoms with Gasteiger partial charge in [-0.2, -0.15) is 0 Å². The van der Waals surface area contributed by atoms with E-state index in [2.05, 4.69) is 43.5 Å². The molecule has 2 aliphatic rings. The molecule has 1 saturated heterocycles. The van der Waals surface area contributed by atoms with E-state index < -0.39 is 0 Å². The summed E-state index contributed by atoms with van der Waals surface area (Å²) in [6, 6.07) is 9.55. The lowest BCUT2D eigenvalue weighted by atomic mass is 9.96. The van der Waals surface area contributed by atoms with Crippen molar-refractivity contribution in [3.8, 4) is 17.1 Å². The average molecular weight is 559 g/mol. The minimum atomic E-state index is 0.476. The largest absolute Gasteiger partial charge is 0.436 e. The van der Waals surface area contributed by atoms with E-state index in [1.807, 2.05) is 25.2 Å². The molecule has 0 bridgehead atoms. The highest BCUT2D eigenvalue weighted by Crippen LogP contribution is 2.29. The van der Waals surface area contributed by atoms with Gasteiger partial charge in [-0.05, 0) is 82.3 Å². The molecule has 4 rings (SSSR count). The summed E-state index contributed by atoms with van der Waals surface area (Å²) >= 11 is 12.6. The van der Waals surface area contributed by atoms with Crippen molar-refractivity contribution < 1.29 is 4.74 Å². The molecule has 204 valence electrons. The Hall–Kier alpha value is -2.49. The van der Waals surface area contributed by atoms with Gasteiger partial charge < -0.3 is 20.3 Å². The zero-order chi connectivity index (χ0) is 26.7. The van der Waals surface area contributed by atoms with Crippen LogP contribution in [0.1, 0.15) is 18.4 Å². The monoisotopic (exact) mass is 557 g/mol. The van der Waals surface area contributed by atoms with Gasteiger partial charge in [-0.25, -0.2) is 9.98 Å². The molecule has 2 aromatic rings. The molecule has 0 spiro atoms. The van der Waals surface area contributed by atoms with Crippen LogP contribution < -0.4 is 15.4 Å². The molecule has 0 radical (unpaired) electrons. The van der Waals surface area contributed by atoms with Crippen LogP contribution in [-0.4, -0.2) is 87.2 Å². The lowest BCUT2D eigenvalue weighted by Crippen LogP contribution is -2.36. The molecule has 2 N–H and O–H groups in total. The maximum atomic E-state index is 6.32. The fourth-order valence-electron chi connectivity index (χ4n) is 4.63. The van der Waals surface area contributed by atoms with Gasteiger partial charge in [-0.15, -0.1) is 0 Å². The Balaban J connectivity index is 1.59. The minimum Gasteiger partial charge on any atom is -0.436 e. The molecule has 38 heavy (non-hydrogen) atoms. The number of ether oxygens (including phenoxy) is 1. The van der Waals surface area contributed by atoms with Gasteiger partial charge >= 0.3 is 0 Å². The lowest BCUT2D eigenvalue weighted by Gasteiger charge is -2.32. The summed E-state index contributed by atoms with van der Waals surface area (Å²) in [5, 5.41) is 7.64. The van der Waals surface area contributed by atoms with Gasteiger partial charge in [0.1, 0.15) is 0 Å². The maximum Gasteiger partial charge on any atom is 0.220 e. The minimum absolute atomic E-state index is 0.476. The number of benzene rings is 1. The summed E-state index contributed by atoms with van der Waals surface area (Å²) in [6.45, 7) is 7.29. The number of nitrogens with zero attached hydrogens (tertiary/aromatic N) is 5. The fourth-order valence-corrected chi connectivity index (χ4v) is 5.16. The zero-order valence-corrected chi connectivity index (χ0v) is 23.7. The van der Waals surface area contributed by atoms with E-state index >= 15 is 0 Å². The van der Waals surface area contributed by atoms with E-state index in [4.69, 9.17) is 32.9 Å². The number of likely N-dealkylation sites (tertiary alicyclic amines) is 1. The van der Waals surface area contributed by atoms with Crippen molar-refractivity contribution in [3.63, 3.8) is 0 Å².